The van der Waals surface area contributed by atoms with Gasteiger partial charge in [-0.25, -0.2) is 4.98 Å². The molecule has 0 spiro atoms. The SMILES string of the molecule is CCOc1ccc(C(=O)Nc2c(C)cc3nc(N/N=C(\C)CC)sc3c2C)cc1. The molecule has 29 heavy (non-hydrogen) atoms. The fourth-order valence-electron chi connectivity index (χ4n) is 2.90. The number of carbonyl (C=O) groups is 1. The number of hydrogen-bond donors (Lipinski definition) is 2. The zero-order chi connectivity index (χ0) is 21.0. The number of nitrogens with zero attached hydrogens (tertiary/aromatic N) is 2. The van der Waals surface area contributed by atoms with E-state index in [2.05, 4.69) is 27.8 Å². The number of aryl methyl sites for hydroxylation is 2. The Labute approximate surface area is 175 Å². The van der Waals surface area contributed by atoms with Crippen molar-refractivity contribution in [3.05, 3.63) is 47.0 Å². The molecule has 0 radical (unpaired) electrons. The van der Waals surface area contributed by atoms with Gasteiger partial charge in [0.15, 0.2) is 0 Å². The molecule has 0 aliphatic heterocycles. The summed E-state index contributed by atoms with van der Waals surface area (Å²) in [5.74, 6) is 0.605. The second kappa shape index (κ2) is 9.05. The van der Waals surface area contributed by atoms with Crippen molar-refractivity contribution < 1.29 is 9.53 Å². The molecule has 3 aromatic rings. The Hall–Kier alpha value is -2.93. The van der Waals surface area contributed by atoms with Gasteiger partial charge in [-0.2, -0.15) is 5.10 Å². The van der Waals surface area contributed by atoms with Crippen LogP contribution in [0.25, 0.3) is 10.2 Å². The molecular formula is C22H26N4O2S. The molecule has 0 fully saturated rings. The van der Waals surface area contributed by atoms with Crippen LogP contribution in [0.4, 0.5) is 10.8 Å². The molecule has 0 aliphatic carbocycles. The molecule has 0 saturated carbocycles. The van der Waals surface area contributed by atoms with E-state index in [1.165, 1.54) is 11.3 Å². The number of fused-ring (bicyclic) bond motifs is 1. The first kappa shape index (κ1) is 20.8. The van der Waals surface area contributed by atoms with Crippen LogP contribution in [-0.2, 0) is 0 Å². The van der Waals surface area contributed by atoms with E-state index in [1.807, 2.05) is 33.8 Å². The summed E-state index contributed by atoms with van der Waals surface area (Å²) in [5.41, 5.74) is 8.32. The van der Waals surface area contributed by atoms with E-state index in [9.17, 15) is 4.79 Å². The maximum Gasteiger partial charge on any atom is 0.255 e. The fraction of sp³-hybridized carbons (Fsp3) is 0.318. The largest absolute Gasteiger partial charge is 0.494 e. The van der Waals surface area contributed by atoms with Crippen LogP contribution in [0.3, 0.4) is 0 Å². The van der Waals surface area contributed by atoms with E-state index in [0.717, 1.165) is 50.0 Å². The van der Waals surface area contributed by atoms with E-state index in [-0.39, 0.29) is 5.91 Å². The van der Waals surface area contributed by atoms with Crippen LogP contribution in [0.2, 0.25) is 0 Å². The monoisotopic (exact) mass is 410 g/mol. The number of thiazole rings is 1. The molecule has 152 valence electrons. The number of amides is 1. The van der Waals surface area contributed by atoms with Gasteiger partial charge in [0.05, 0.1) is 16.8 Å². The van der Waals surface area contributed by atoms with E-state index < -0.39 is 0 Å². The molecule has 0 aliphatic rings. The van der Waals surface area contributed by atoms with Gasteiger partial charge in [0.2, 0.25) is 5.13 Å². The van der Waals surface area contributed by atoms with Crippen molar-refractivity contribution in [3.63, 3.8) is 0 Å². The van der Waals surface area contributed by atoms with E-state index >= 15 is 0 Å². The number of carbonyl (C=O) groups excluding carboxylic acids is 1. The van der Waals surface area contributed by atoms with Crippen LogP contribution < -0.4 is 15.5 Å². The second-order valence-corrected chi connectivity index (χ2v) is 7.78. The van der Waals surface area contributed by atoms with Crippen molar-refractivity contribution in [2.45, 2.75) is 41.0 Å². The van der Waals surface area contributed by atoms with Crippen LogP contribution in [0.5, 0.6) is 5.75 Å². The molecule has 2 aromatic carbocycles. The zero-order valence-electron chi connectivity index (χ0n) is 17.4. The third kappa shape index (κ3) is 4.74. The van der Waals surface area contributed by atoms with E-state index in [4.69, 9.17) is 4.74 Å². The average Bonchev–Trinajstić information content (AvgIpc) is 3.13. The average molecular weight is 411 g/mol. The van der Waals surface area contributed by atoms with Gasteiger partial charge in [-0.3, -0.25) is 10.2 Å². The maximum absolute atomic E-state index is 12.7. The molecule has 0 bridgehead atoms. The van der Waals surface area contributed by atoms with Gasteiger partial charge < -0.3 is 10.1 Å². The Morgan fingerprint density at radius 2 is 1.93 bits per heavy atom. The van der Waals surface area contributed by atoms with Gasteiger partial charge in [0, 0.05) is 17.0 Å². The third-order valence-electron chi connectivity index (χ3n) is 4.64. The van der Waals surface area contributed by atoms with Crippen molar-refractivity contribution in [1.82, 2.24) is 4.98 Å². The van der Waals surface area contributed by atoms with Gasteiger partial charge in [0.25, 0.3) is 5.91 Å². The van der Waals surface area contributed by atoms with E-state index in [0.29, 0.717) is 12.2 Å². The summed E-state index contributed by atoms with van der Waals surface area (Å²) < 4.78 is 6.47. The van der Waals surface area contributed by atoms with Gasteiger partial charge in [-0.1, -0.05) is 18.3 Å². The predicted molar refractivity (Wildman–Crippen MR) is 122 cm³/mol. The van der Waals surface area contributed by atoms with Crippen molar-refractivity contribution in [2.24, 2.45) is 5.10 Å². The van der Waals surface area contributed by atoms with Crippen LogP contribution >= 0.6 is 11.3 Å². The third-order valence-corrected chi connectivity index (χ3v) is 5.73. The number of hydrogen-bond acceptors (Lipinski definition) is 6. The van der Waals surface area contributed by atoms with Crippen molar-refractivity contribution in [1.29, 1.82) is 0 Å². The Morgan fingerprint density at radius 1 is 1.21 bits per heavy atom. The number of anilines is 2. The van der Waals surface area contributed by atoms with Crippen LogP contribution in [0.1, 0.15) is 48.7 Å². The Morgan fingerprint density at radius 3 is 2.59 bits per heavy atom. The van der Waals surface area contributed by atoms with Gasteiger partial charge >= 0.3 is 0 Å². The smallest absolute Gasteiger partial charge is 0.255 e. The zero-order valence-corrected chi connectivity index (χ0v) is 18.2. The summed E-state index contributed by atoms with van der Waals surface area (Å²) in [4.78, 5) is 17.4. The Balaban J connectivity index is 1.86. The minimum atomic E-state index is -0.148. The summed E-state index contributed by atoms with van der Waals surface area (Å²) in [6, 6.07) is 9.15. The summed E-state index contributed by atoms with van der Waals surface area (Å²) in [6.07, 6.45) is 0.887. The van der Waals surface area contributed by atoms with Crippen molar-refractivity contribution in [3.8, 4) is 5.75 Å². The molecule has 1 heterocycles. The highest BCUT2D eigenvalue weighted by Gasteiger charge is 2.15. The lowest BCUT2D eigenvalue weighted by molar-refractivity contribution is 0.102. The van der Waals surface area contributed by atoms with Crippen molar-refractivity contribution >= 4 is 44.0 Å². The van der Waals surface area contributed by atoms with Crippen LogP contribution in [0, 0.1) is 13.8 Å². The lowest BCUT2D eigenvalue weighted by Gasteiger charge is -2.12. The number of nitrogens with one attached hydrogen (secondary N) is 2. The normalized spacial score (nSPS) is 11.6. The van der Waals surface area contributed by atoms with Gasteiger partial charge in [-0.15, -0.1) is 0 Å². The molecule has 7 heteroatoms. The highest BCUT2D eigenvalue weighted by molar-refractivity contribution is 7.22. The summed E-state index contributed by atoms with van der Waals surface area (Å²) in [6.45, 7) is 10.5. The first-order valence-corrected chi connectivity index (χ1v) is 10.5. The van der Waals surface area contributed by atoms with E-state index in [1.54, 1.807) is 24.3 Å². The van der Waals surface area contributed by atoms with Crippen LogP contribution in [0.15, 0.2) is 35.4 Å². The number of hydrazone groups is 1. The summed E-state index contributed by atoms with van der Waals surface area (Å²) >= 11 is 1.53. The van der Waals surface area contributed by atoms with Gasteiger partial charge in [-0.05, 0) is 75.6 Å². The molecule has 2 N–H and O–H groups in total. The molecule has 1 aromatic heterocycles. The van der Waals surface area contributed by atoms with Gasteiger partial charge in [0.1, 0.15) is 5.75 Å². The second-order valence-electron chi connectivity index (χ2n) is 6.78. The minimum Gasteiger partial charge on any atom is -0.494 e. The molecule has 6 nitrogen and oxygen atoms in total. The highest BCUT2D eigenvalue weighted by atomic mass is 32.1. The molecular weight excluding hydrogens is 384 g/mol. The number of benzene rings is 2. The number of rotatable bonds is 7. The molecule has 1 amide bonds. The lowest BCUT2D eigenvalue weighted by Crippen LogP contribution is -2.13. The summed E-state index contributed by atoms with van der Waals surface area (Å²) in [7, 11) is 0. The first-order valence-electron chi connectivity index (χ1n) is 9.67. The Bertz CT molecular complexity index is 1050. The summed E-state index contributed by atoms with van der Waals surface area (Å²) in [5, 5.41) is 8.12. The quantitative estimate of drug-likeness (QED) is 0.383. The number of ether oxygens (including phenoxy) is 1. The topological polar surface area (TPSA) is 75.6 Å². The molecule has 3 rings (SSSR count). The highest BCUT2D eigenvalue weighted by Crippen LogP contribution is 2.35. The molecule has 0 unspecified atom stereocenters. The Kier molecular flexibility index (Phi) is 6.49. The molecule has 0 saturated heterocycles. The minimum absolute atomic E-state index is 0.148. The standard InChI is InChI=1S/C22H26N4O2S/c1-6-14(4)25-26-22-23-18-12-13(3)19(15(5)20(18)29-22)24-21(27)16-8-10-17(11-9-16)28-7-2/h8-12H,6-7H2,1-5H3,(H,23,26)(H,24,27)/b25-14+. The molecule has 0 atom stereocenters. The lowest BCUT2D eigenvalue weighted by atomic mass is 10.1. The van der Waals surface area contributed by atoms with Crippen LogP contribution in [-0.4, -0.2) is 23.2 Å². The van der Waals surface area contributed by atoms with Crippen molar-refractivity contribution in [2.75, 3.05) is 17.3 Å². The predicted octanol–water partition coefficient (Wildman–Crippen LogP) is 5.76. The maximum atomic E-state index is 12.7. The first-order chi connectivity index (χ1) is 13.9. The number of aromatic nitrogens is 1. The fourth-order valence-corrected chi connectivity index (χ4v) is 3.80.